The van der Waals surface area contributed by atoms with Crippen LogP contribution in [0.2, 0.25) is 0 Å². The Morgan fingerprint density at radius 1 is 1.14 bits per heavy atom. The maximum Gasteiger partial charge on any atom is 0.428 e. The quantitative estimate of drug-likeness (QED) is 0.589. The van der Waals surface area contributed by atoms with Crippen molar-refractivity contribution in [1.29, 1.82) is 0 Å². The number of ether oxygens (including phenoxy) is 1. The van der Waals surface area contributed by atoms with Gasteiger partial charge in [-0.2, -0.15) is 18.3 Å². The Morgan fingerprint density at radius 3 is 2.28 bits per heavy atom. The average Bonchev–Trinajstić information content (AvgIpc) is 2.59. The fourth-order valence-electron chi connectivity index (χ4n) is 2.26. The highest BCUT2D eigenvalue weighted by molar-refractivity contribution is 5.82. The first-order valence-corrected chi connectivity index (χ1v) is 8.74. The Balaban J connectivity index is 2.19. The summed E-state index contributed by atoms with van der Waals surface area (Å²) in [5, 5.41) is 3.79. The van der Waals surface area contributed by atoms with Crippen LogP contribution < -0.4 is 10.3 Å². The lowest BCUT2D eigenvalue weighted by Crippen LogP contribution is -2.29. The molecule has 1 amide bonds. The van der Waals surface area contributed by atoms with E-state index < -0.39 is 23.4 Å². The van der Waals surface area contributed by atoms with E-state index in [1.807, 2.05) is 0 Å². The predicted octanol–water partition coefficient (Wildman–Crippen LogP) is 4.69. The number of benzene rings is 1. The predicted molar refractivity (Wildman–Crippen MR) is 106 cm³/mol. The highest BCUT2D eigenvalue weighted by Crippen LogP contribution is 2.33. The van der Waals surface area contributed by atoms with Crippen molar-refractivity contribution in [3.8, 4) is 11.3 Å². The SMILES string of the molecule is CN(C)c1cc(C(F)(F)F)cc(-c2ccc(C=NNC(=O)OC(C)(C)C)cc2)n1. The first kappa shape index (κ1) is 22.2. The van der Waals surface area contributed by atoms with Gasteiger partial charge in [0.15, 0.2) is 0 Å². The largest absolute Gasteiger partial charge is 0.443 e. The van der Waals surface area contributed by atoms with Gasteiger partial charge in [0.2, 0.25) is 0 Å². The molecule has 1 aromatic heterocycles. The van der Waals surface area contributed by atoms with Crippen molar-refractivity contribution in [2.45, 2.75) is 32.5 Å². The zero-order valence-electron chi connectivity index (χ0n) is 16.8. The normalized spacial score (nSPS) is 12.1. The van der Waals surface area contributed by atoms with E-state index in [2.05, 4.69) is 15.5 Å². The minimum absolute atomic E-state index is 0.207. The fourth-order valence-corrected chi connectivity index (χ4v) is 2.26. The summed E-state index contributed by atoms with van der Waals surface area (Å²) < 4.78 is 44.6. The van der Waals surface area contributed by atoms with Crippen molar-refractivity contribution in [3.05, 3.63) is 47.5 Å². The van der Waals surface area contributed by atoms with Crippen molar-refractivity contribution in [3.63, 3.8) is 0 Å². The van der Waals surface area contributed by atoms with E-state index in [0.717, 1.165) is 12.1 Å². The third-order valence-corrected chi connectivity index (χ3v) is 3.57. The van der Waals surface area contributed by atoms with Crippen molar-refractivity contribution in [2.24, 2.45) is 5.10 Å². The highest BCUT2D eigenvalue weighted by atomic mass is 19.4. The van der Waals surface area contributed by atoms with E-state index in [1.54, 1.807) is 59.1 Å². The first-order valence-electron chi connectivity index (χ1n) is 8.74. The van der Waals surface area contributed by atoms with Gasteiger partial charge in [0.25, 0.3) is 0 Å². The molecule has 0 unspecified atom stereocenters. The maximum absolute atomic E-state index is 13.2. The summed E-state index contributed by atoms with van der Waals surface area (Å²) >= 11 is 0. The topological polar surface area (TPSA) is 66.8 Å². The molecule has 0 fully saturated rings. The second-order valence-electron chi connectivity index (χ2n) is 7.49. The summed E-state index contributed by atoms with van der Waals surface area (Å²) in [6.07, 6.45) is -3.75. The molecule has 0 aliphatic heterocycles. The summed E-state index contributed by atoms with van der Waals surface area (Å²) in [4.78, 5) is 17.3. The average molecular weight is 408 g/mol. The Kier molecular flexibility index (Phi) is 6.51. The van der Waals surface area contributed by atoms with Crippen LogP contribution in [0.4, 0.5) is 23.8 Å². The van der Waals surface area contributed by atoms with E-state index in [4.69, 9.17) is 4.74 Å². The Hall–Kier alpha value is -3.10. The van der Waals surface area contributed by atoms with E-state index in [0.29, 0.717) is 11.1 Å². The Labute approximate surface area is 167 Å². The van der Waals surface area contributed by atoms with Gasteiger partial charge >= 0.3 is 12.3 Å². The van der Waals surface area contributed by atoms with Gasteiger partial charge in [-0.25, -0.2) is 15.2 Å². The summed E-state index contributed by atoms with van der Waals surface area (Å²) in [5.41, 5.74) is 2.22. The number of anilines is 1. The van der Waals surface area contributed by atoms with Crippen LogP contribution in [-0.4, -0.2) is 37.0 Å². The van der Waals surface area contributed by atoms with E-state index in [1.165, 1.54) is 11.1 Å². The fraction of sp³-hybridized carbons (Fsp3) is 0.350. The number of nitrogens with one attached hydrogen (secondary N) is 1. The van der Waals surface area contributed by atoms with Gasteiger partial charge in [-0.3, -0.25) is 0 Å². The Morgan fingerprint density at radius 2 is 1.76 bits per heavy atom. The number of aromatic nitrogens is 1. The zero-order chi connectivity index (χ0) is 21.8. The van der Waals surface area contributed by atoms with Gasteiger partial charge in [0.05, 0.1) is 17.5 Å². The molecule has 0 bridgehead atoms. The lowest BCUT2D eigenvalue weighted by Gasteiger charge is -2.18. The van der Waals surface area contributed by atoms with Crippen LogP contribution in [0, 0.1) is 0 Å². The van der Waals surface area contributed by atoms with Crippen LogP contribution in [0.1, 0.15) is 31.9 Å². The number of hydrazone groups is 1. The first-order chi connectivity index (χ1) is 13.3. The smallest absolute Gasteiger partial charge is 0.428 e. The minimum Gasteiger partial charge on any atom is -0.443 e. The lowest BCUT2D eigenvalue weighted by atomic mass is 10.1. The summed E-state index contributed by atoms with van der Waals surface area (Å²) in [7, 11) is 3.26. The van der Waals surface area contributed by atoms with Crippen LogP contribution in [0.25, 0.3) is 11.3 Å². The van der Waals surface area contributed by atoms with E-state index in [-0.39, 0.29) is 11.5 Å². The van der Waals surface area contributed by atoms with Crippen LogP contribution in [0.3, 0.4) is 0 Å². The van der Waals surface area contributed by atoms with Gasteiger partial charge in [-0.15, -0.1) is 0 Å². The number of amides is 1. The summed E-state index contributed by atoms with van der Waals surface area (Å²) in [5.74, 6) is 0.210. The van der Waals surface area contributed by atoms with Crippen LogP contribution >= 0.6 is 0 Å². The van der Waals surface area contributed by atoms with Gasteiger partial charge in [0, 0.05) is 19.7 Å². The molecule has 29 heavy (non-hydrogen) atoms. The molecule has 9 heteroatoms. The van der Waals surface area contributed by atoms with Gasteiger partial charge in [-0.1, -0.05) is 24.3 Å². The molecule has 0 aliphatic rings. The van der Waals surface area contributed by atoms with Crippen LogP contribution in [-0.2, 0) is 10.9 Å². The molecule has 6 nitrogen and oxygen atoms in total. The number of alkyl halides is 3. The monoisotopic (exact) mass is 408 g/mol. The molecular weight excluding hydrogens is 385 g/mol. The van der Waals surface area contributed by atoms with Gasteiger partial charge in [0.1, 0.15) is 11.4 Å². The van der Waals surface area contributed by atoms with E-state index in [9.17, 15) is 18.0 Å². The number of hydrogen-bond donors (Lipinski definition) is 1. The van der Waals surface area contributed by atoms with Crippen molar-refractivity contribution >= 4 is 18.1 Å². The molecule has 0 saturated heterocycles. The van der Waals surface area contributed by atoms with Crippen LogP contribution in [0.5, 0.6) is 0 Å². The van der Waals surface area contributed by atoms with Crippen LogP contribution in [0.15, 0.2) is 41.5 Å². The molecule has 156 valence electrons. The number of carbonyl (C=O) groups is 1. The number of rotatable bonds is 4. The zero-order valence-corrected chi connectivity index (χ0v) is 16.8. The number of nitrogens with zero attached hydrogens (tertiary/aromatic N) is 3. The summed E-state index contributed by atoms with van der Waals surface area (Å²) in [6.45, 7) is 5.20. The molecule has 1 aromatic carbocycles. The second kappa shape index (κ2) is 8.50. The summed E-state index contributed by atoms with van der Waals surface area (Å²) in [6, 6.07) is 8.61. The van der Waals surface area contributed by atoms with Crippen molar-refractivity contribution in [2.75, 3.05) is 19.0 Å². The lowest BCUT2D eigenvalue weighted by molar-refractivity contribution is -0.137. The van der Waals surface area contributed by atoms with E-state index >= 15 is 0 Å². The molecule has 2 rings (SSSR count). The number of carbonyl (C=O) groups excluding carboxylic acids is 1. The standard InChI is InChI=1S/C20H23F3N4O2/c1-19(2,3)29-18(28)26-24-12-13-6-8-14(9-7-13)16-10-15(20(21,22)23)11-17(25-16)27(4)5/h6-12H,1-5H3,(H,26,28). The molecule has 0 radical (unpaired) electrons. The van der Waals surface area contributed by atoms with Crippen molar-refractivity contribution in [1.82, 2.24) is 10.4 Å². The molecule has 0 aliphatic carbocycles. The highest BCUT2D eigenvalue weighted by Gasteiger charge is 2.32. The van der Waals surface area contributed by atoms with Crippen molar-refractivity contribution < 1.29 is 22.7 Å². The molecule has 0 spiro atoms. The molecule has 2 aromatic rings. The molecule has 1 heterocycles. The third-order valence-electron chi connectivity index (χ3n) is 3.57. The third kappa shape index (κ3) is 6.78. The number of halogens is 3. The molecule has 0 atom stereocenters. The molecule has 0 saturated carbocycles. The van der Waals surface area contributed by atoms with Gasteiger partial charge in [-0.05, 0) is 38.5 Å². The minimum atomic E-state index is -4.47. The number of hydrogen-bond acceptors (Lipinski definition) is 5. The number of pyridine rings is 1. The maximum atomic E-state index is 13.2. The Bertz CT molecular complexity index is 886. The second-order valence-corrected chi connectivity index (χ2v) is 7.49. The molecule has 1 N–H and O–H groups in total. The molecular formula is C20H23F3N4O2. The van der Waals surface area contributed by atoms with Gasteiger partial charge < -0.3 is 9.64 Å².